The van der Waals surface area contributed by atoms with E-state index < -0.39 is 11.8 Å². The number of benzene rings is 1. The second kappa shape index (κ2) is 6.71. The molecule has 0 unspecified atom stereocenters. The van der Waals surface area contributed by atoms with Crippen molar-refractivity contribution in [2.75, 3.05) is 7.11 Å². The van der Waals surface area contributed by atoms with Crippen LogP contribution >= 0.6 is 11.3 Å². The van der Waals surface area contributed by atoms with E-state index in [1.807, 2.05) is 12.3 Å². The molecule has 3 rings (SSSR count). The van der Waals surface area contributed by atoms with E-state index >= 15 is 0 Å². The Labute approximate surface area is 140 Å². The Balaban J connectivity index is 1.79. The Kier molecular flexibility index (Phi) is 4.48. The summed E-state index contributed by atoms with van der Waals surface area (Å²) in [7, 11) is 1.25. The van der Waals surface area contributed by atoms with E-state index in [0.29, 0.717) is 11.3 Å². The third-order valence-electron chi connectivity index (χ3n) is 3.10. The summed E-state index contributed by atoms with van der Waals surface area (Å²) in [5.41, 5.74) is 1.42. The zero-order valence-corrected chi connectivity index (χ0v) is 13.6. The van der Waals surface area contributed by atoms with E-state index in [-0.39, 0.29) is 17.3 Å². The first-order valence-corrected chi connectivity index (χ1v) is 7.77. The molecule has 8 heteroatoms. The first-order valence-electron chi connectivity index (χ1n) is 6.89. The van der Waals surface area contributed by atoms with Gasteiger partial charge in [-0.15, -0.1) is 21.5 Å². The topological polar surface area (TPSA) is 74.2 Å². The second-order valence-electron chi connectivity index (χ2n) is 4.75. The van der Waals surface area contributed by atoms with Crippen LogP contribution < -0.4 is 4.74 Å². The van der Waals surface area contributed by atoms with Gasteiger partial charge < -0.3 is 9.47 Å². The van der Waals surface area contributed by atoms with Crippen LogP contribution in [0.5, 0.6) is 11.6 Å². The maximum Gasteiger partial charge on any atom is 0.358 e. The minimum atomic E-state index is -0.608. The number of carbonyl (C=O) groups is 1. The monoisotopic (exact) mass is 345 g/mol. The van der Waals surface area contributed by atoms with Crippen LogP contribution in [0.25, 0.3) is 11.3 Å². The van der Waals surface area contributed by atoms with Gasteiger partial charge in [0.1, 0.15) is 0 Å². The predicted molar refractivity (Wildman–Crippen MR) is 85.7 cm³/mol. The summed E-state index contributed by atoms with van der Waals surface area (Å²) in [4.78, 5) is 15.6. The summed E-state index contributed by atoms with van der Waals surface area (Å²) in [6.45, 7) is 1.89. The number of halogens is 1. The van der Waals surface area contributed by atoms with Gasteiger partial charge in [-0.25, -0.2) is 14.2 Å². The van der Waals surface area contributed by atoms with Gasteiger partial charge in [-0.2, -0.15) is 0 Å². The largest absolute Gasteiger partial charge is 0.464 e. The summed E-state index contributed by atoms with van der Waals surface area (Å²) < 4.78 is 24.1. The molecule has 0 N–H and O–H groups in total. The van der Waals surface area contributed by atoms with Crippen molar-refractivity contribution in [3.05, 3.63) is 52.2 Å². The number of aromatic nitrogens is 3. The van der Waals surface area contributed by atoms with Crippen LogP contribution in [0.4, 0.5) is 4.39 Å². The number of esters is 1. The van der Waals surface area contributed by atoms with E-state index in [1.165, 1.54) is 42.7 Å². The van der Waals surface area contributed by atoms with Crippen molar-refractivity contribution in [3.8, 4) is 22.9 Å². The van der Waals surface area contributed by atoms with Crippen molar-refractivity contribution >= 4 is 17.3 Å². The molecule has 0 amide bonds. The van der Waals surface area contributed by atoms with Gasteiger partial charge in [-0.1, -0.05) is 0 Å². The summed E-state index contributed by atoms with van der Waals surface area (Å²) in [5, 5.41) is 10.2. The maximum atomic E-state index is 14.2. The molecule has 0 spiro atoms. The predicted octanol–water partition coefficient (Wildman–Crippen LogP) is 3.63. The van der Waals surface area contributed by atoms with Gasteiger partial charge in [0.2, 0.25) is 5.88 Å². The Hall–Kier alpha value is -2.87. The number of nitrogens with zero attached hydrogens (tertiary/aromatic N) is 3. The number of carbonyl (C=O) groups excluding carboxylic acids is 1. The highest BCUT2D eigenvalue weighted by molar-refractivity contribution is 7.09. The fraction of sp³-hybridized carbons (Fsp3) is 0.125. The number of thiazole rings is 1. The van der Waals surface area contributed by atoms with Crippen LogP contribution in [0.1, 0.15) is 15.5 Å². The lowest BCUT2D eigenvalue weighted by Gasteiger charge is -2.07. The number of ether oxygens (including phenoxy) is 2. The molecule has 0 atom stereocenters. The second-order valence-corrected chi connectivity index (χ2v) is 5.81. The molecule has 0 saturated carbocycles. The van der Waals surface area contributed by atoms with Gasteiger partial charge in [-0.3, -0.25) is 0 Å². The molecule has 0 radical (unpaired) electrons. The lowest BCUT2D eigenvalue weighted by Crippen LogP contribution is -2.05. The average molecular weight is 345 g/mol. The average Bonchev–Trinajstić information content (AvgIpc) is 3.03. The molecule has 0 bridgehead atoms. The zero-order chi connectivity index (χ0) is 17.1. The van der Waals surface area contributed by atoms with Crippen molar-refractivity contribution in [2.45, 2.75) is 6.92 Å². The number of methoxy groups -OCH3 is 1. The molecule has 0 saturated heterocycles. The SMILES string of the molecule is COC(=O)c1ccc(Oc2ccc(-c3csc(C)n3)cc2F)nn1. The van der Waals surface area contributed by atoms with Crippen molar-refractivity contribution < 1.29 is 18.7 Å². The Bertz CT molecular complexity index is 881. The molecular weight excluding hydrogens is 333 g/mol. The van der Waals surface area contributed by atoms with Gasteiger partial charge in [-0.05, 0) is 31.2 Å². The van der Waals surface area contributed by atoms with E-state index in [4.69, 9.17) is 4.74 Å². The minimum Gasteiger partial charge on any atom is -0.464 e. The molecule has 2 aromatic heterocycles. The van der Waals surface area contributed by atoms with Gasteiger partial charge in [0.05, 0.1) is 17.8 Å². The lowest BCUT2D eigenvalue weighted by atomic mass is 10.1. The highest BCUT2D eigenvalue weighted by atomic mass is 32.1. The van der Waals surface area contributed by atoms with Gasteiger partial charge in [0.15, 0.2) is 17.3 Å². The zero-order valence-electron chi connectivity index (χ0n) is 12.8. The minimum absolute atomic E-state index is 0.00539. The molecule has 24 heavy (non-hydrogen) atoms. The molecule has 0 fully saturated rings. The highest BCUT2D eigenvalue weighted by Crippen LogP contribution is 2.28. The van der Waals surface area contributed by atoms with Crippen molar-refractivity contribution in [1.29, 1.82) is 0 Å². The van der Waals surface area contributed by atoms with Crippen molar-refractivity contribution in [3.63, 3.8) is 0 Å². The Morgan fingerprint density at radius 2 is 2.04 bits per heavy atom. The number of hydrogen-bond donors (Lipinski definition) is 0. The van der Waals surface area contributed by atoms with Crippen molar-refractivity contribution in [1.82, 2.24) is 15.2 Å². The smallest absolute Gasteiger partial charge is 0.358 e. The molecular formula is C16H12FN3O3S. The van der Waals surface area contributed by atoms with E-state index in [2.05, 4.69) is 19.9 Å². The van der Waals surface area contributed by atoms with Crippen LogP contribution in [0.2, 0.25) is 0 Å². The van der Waals surface area contributed by atoms with E-state index in [0.717, 1.165) is 5.01 Å². The molecule has 3 aromatic rings. The van der Waals surface area contributed by atoms with Crippen LogP contribution in [-0.4, -0.2) is 28.3 Å². The third-order valence-corrected chi connectivity index (χ3v) is 3.87. The van der Waals surface area contributed by atoms with E-state index in [9.17, 15) is 9.18 Å². The first kappa shape index (κ1) is 16.0. The summed E-state index contributed by atoms with van der Waals surface area (Å²) in [6.07, 6.45) is 0. The fourth-order valence-corrected chi connectivity index (χ4v) is 2.56. The van der Waals surface area contributed by atoms with Gasteiger partial charge >= 0.3 is 5.97 Å². The lowest BCUT2D eigenvalue weighted by molar-refractivity contribution is 0.0592. The van der Waals surface area contributed by atoms with Crippen LogP contribution in [0.3, 0.4) is 0 Å². The summed E-state index contributed by atoms with van der Waals surface area (Å²) in [6, 6.07) is 7.35. The summed E-state index contributed by atoms with van der Waals surface area (Å²) >= 11 is 1.50. The number of hydrogen-bond acceptors (Lipinski definition) is 7. The summed E-state index contributed by atoms with van der Waals surface area (Å²) in [5.74, 6) is -1.08. The van der Waals surface area contributed by atoms with Crippen LogP contribution in [0, 0.1) is 12.7 Å². The van der Waals surface area contributed by atoms with Crippen LogP contribution in [0.15, 0.2) is 35.7 Å². The Morgan fingerprint density at radius 1 is 1.21 bits per heavy atom. The standard InChI is InChI=1S/C16H12FN3O3S/c1-9-18-13(8-24-9)10-3-5-14(11(17)7-10)23-15-6-4-12(19-20-15)16(21)22-2/h3-8H,1-2H3. The molecule has 0 aliphatic heterocycles. The van der Waals surface area contributed by atoms with Crippen molar-refractivity contribution in [2.24, 2.45) is 0 Å². The van der Waals surface area contributed by atoms with Gasteiger partial charge in [0, 0.05) is 17.0 Å². The number of aryl methyl sites for hydroxylation is 1. The fourth-order valence-electron chi connectivity index (χ4n) is 1.94. The molecule has 122 valence electrons. The van der Waals surface area contributed by atoms with E-state index in [1.54, 1.807) is 6.07 Å². The quantitative estimate of drug-likeness (QED) is 0.672. The molecule has 6 nitrogen and oxygen atoms in total. The molecule has 2 heterocycles. The third kappa shape index (κ3) is 3.38. The first-order chi connectivity index (χ1) is 11.6. The number of rotatable bonds is 4. The normalized spacial score (nSPS) is 10.5. The molecule has 1 aromatic carbocycles. The van der Waals surface area contributed by atoms with Crippen LogP contribution in [-0.2, 0) is 4.74 Å². The highest BCUT2D eigenvalue weighted by Gasteiger charge is 2.12. The van der Waals surface area contributed by atoms with Gasteiger partial charge in [0.25, 0.3) is 0 Å². The molecule has 0 aliphatic carbocycles. The maximum absolute atomic E-state index is 14.2. The Morgan fingerprint density at radius 3 is 2.62 bits per heavy atom. The molecule has 0 aliphatic rings.